The first-order chi connectivity index (χ1) is 11.7. The molecule has 1 unspecified atom stereocenters. The van der Waals surface area contributed by atoms with E-state index < -0.39 is 6.10 Å². The molecule has 0 saturated heterocycles. The van der Waals surface area contributed by atoms with Crippen LogP contribution >= 0.6 is 11.6 Å². The molecule has 1 amide bonds. The summed E-state index contributed by atoms with van der Waals surface area (Å²) in [4.78, 5) is 12.5. The number of carbonyl (C=O) groups is 1. The van der Waals surface area contributed by atoms with E-state index in [0.717, 1.165) is 11.3 Å². The minimum atomic E-state index is -0.558. The van der Waals surface area contributed by atoms with Crippen LogP contribution in [0.1, 0.15) is 5.56 Å². The molecule has 1 aliphatic rings. The summed E-state index contributed by atoms with van der Waals surface area (Å²) in [6, 6.07) is 12.8. The maximum absolute atomic E-state index is 12.5. The number of aromatic nitrogens is 3. The van der Waals surface area contributed by atoms with Crippen LogP contribution in [-0.2, 0) is 11.2 Å². The van der Waals surface area contributed by atoms with Gasteiger partial charge in [0.1, 0.15) is 18.4 Å². The highest BCUT2D eigenvalue weighted by Gasteiger charge is 2.29. The van der Waals surface area contributed by atoms with E-state index in [4.69, 9.17) is 16.3 Å². The van der Waals surface area contributed by atoms with Crippen molar-refractivity contribution in [1.29, 1.82) is 0 Å². The van der Waals surface area contributed by atoms with E-state index in [0.29, 0.717) is 22.9 Å². The highest BCUT2D eigenvalue weighted by Crippen LogP contribution is 2.31. The average Bonchev–Trinajstić information content (AvgIpc) is 3.24. The van der Waals surface area contributed by atoms with Crippen LogP contribution in [0.2, 0.25) is 5.02 Å². The van der Waals surface area contributed by atoms with Gasteiger partial charge in [-0.25, -0.2) is 0 Å². The number of hydrogen-bond acceptors (Lipinski definition) is 4. The van der Waals surface area contributed by atoms with Gasteiger partial charge in [-0.3, -0.25) is 9.36 Å². The Kier molecular flexibility index (Phi) is 3.66. The van der Waals surface area contributed by atoms with Crippen molar-refractivity contribution in [2.24, 2.45) is 0 Å². The van der Waals surface area contributed by atoms with E-state index in [1.54, 1.807) is 29.4 Å². The van der Waals surface area contributed by atoms with Crippen LogP contribution in [0.25, 0.3) is 5.69 Å². The molecule has 0 spiro atoms. The van der Waals surface area contributed by atoms with Gasteiger partial charge in [-0.15, -0.1) is 10.2 Å². The number of benzene rings is 2. The Morgan fingerprint density at radius 3 is 2.88 bits per heavy atom. The lowest BCUT2D eigenvalue weighted by atomic mass is 10.1. The van der Waals surface area contributed by atoms with Crippen LogP contribution < -0.4 is 10.1 Å². The van der Waals surface area contributed by atoms with Crippen LogP contribution in [0.4, 0.5) is 5.69 Å². The molecule has 120 valence electrons. The predicted molar refractivity (Wildman–Crippen MR) is 89.6 cm³/mol. The van der Waals surface area contributed by atoms with Crippen molar-refractivity contribution in [3.63, 3.8) is 0 Å². The Bertz CT molecular complexity index is 895. The Morgan fingerprint density at radius 1 is 1.21 bits per heavy atom. The lowest BCUT2D eigenvalue weighted by Crippen LogP contribution is -2.31. The molecule has 0 bridgehead atoms. The van der Waals surface area contributed by atoms with Crippen LogP contribution in [-0.4, -0.2) is 26.8 Å². The van der Waals surface area contributed by atoms with Gasteiger partial charge in [0, 0.05) is 17.1 Å². The Labute approximate surface area is 143 Å². The first-order valence-corrected chi connectivity index (χ1v) is 7.78. The monoisotopic (exact) mass is 340 g/mol. The molecular formula is C17H13ClN4O2. The minimum Gasteiger partial charge on any atom is -0.480 e. The van der Waals surface area contributed by atoms with E-state index in [2.05, 4.69) is 15.5 Å². The molecule has 24 heavy (non-hydrogen) atoms. The van der Waals surface area contributed by atoms with Gasteiger partial charge < -0.3 is 10.1 Å². The van der Waals surface area contributed by atoms with Crippen LogP contribution in [0.5, 0.6) is 5.75 Å². The molecule has 4 rings (SSSR count). The van der Waals surface area contributed by atoms with Gasteiger partial charge in [-0.2, -0.15) is 0 Å². The normalized spacial score (nSPS) is 15.6. The number of hydrogen-bond donors (Lipinski definition) is 1. The second-order valence-corrected chi connectivity index (χ2v) is 5.91. The molecule has 1 atom stereocenters. The quantitative estimate of drug-likeness (QED) is 0.796. The highest BCUT2D eigenvalue weighted by atomic mass is 35.5. The van der Waals surface area contributed by atoms with Crippen LogP contribution in [0.15, 0.2) is 55.1 Å². The highest BCUT2D eigenvalue weighted by molar-refractivity contribution is 6.30. The molecule has 0 fully saturated rings. The maximum Gasteiger partial charge on any atom is 0.265 e. The summed E-state index contributed by atoms with van der Waals surface area (Å²) >= 11 is 5.98. The summed E-state index contributed by atoms with van der Waals surface area (Å²) in [6.45, 7) is 0. The molecule has 0 saturated carbocycles. The molecule has 6 nitrogen and oxygen atoms in total. The zero-order chi connectivity index (χ0) is 16.5. The van der Waals surface area contributed by atoms with Gasteiger partial charge in [0.15, 0.2) is 6.10 Å². The SMILES string of the molecule is O=C(Nc1cccc(-n2cnnc2)c1)C1Cc2cc(Cl)ccc2O1. The van der Waals surface area contributed by atoms with Gasteiger partial charge in [0.2, 0.25) is 0 Å². The van der Waals surface area contributed by atoms with E-state index >= 15 is 0 Å². The van der Waals surface area contributed by atoms with Gasteiger partial charge >= 0.3 is 0 Å². The fourth-order valence-electron chi connectivity index (χ4n) is 2.66. The lowest BCUT2D eigenvalue weighted by Gasteiger charge is -2.12. The van der Waals surface area contributed by atoms with Crippen LogP contribution in [0, 0.1) is 0 Å². The smallest absolute Gasteiger partial charge is 0.265 e. The third kappa shape index (κ3) is 2.83. The molecule has 0 aliphatic carbocycles. The summed E-state index contributed by atoms with van der Waals surface area (Å²) in [5.74, 6) is 0.515. The molecule has 1 aromatic heterocycles. The Balaban J connectivity index is 1.48. The number of rotatable bonds is 3. The average molecular weight is 341 g/mol. The molecule has 3 aromatic rings. The summed E-state index contributed by atoms with van der Waals surface area (Å²) in [7, 11) is 0. The summed E-state index contributed by atoms with van der Waals surface area (Å²) in [5.41, 5.74) is 2.49. The Morgan fingerprint density at radius 2 is 2.04 bits per heavy atom. The molecule has 7 heteroatoms. The van der Waals surface area contributed by atoms with Crippen molar-refractivity contribution in [2.75, 3.05) is 5.32 Å². The molecule has 1 aliphatic heterocycles. The van der Waals surface area contributed by atoms with E-state index in [1.807, 2.05) is 30.3 Å². The molecule has 1 N–H and O–H groups in total. The van der Waals surface area contributed by atoms with E-state index in [1.165, 1.54) is 0 Å². The van der Waals surface area contributed by atoms with Gasteiger partial charge in [-0.1, -0.05) is 17.7 Å². The first kappa shape index (κ1) is 14.7. The summed E-state index contributed by atoms with van der Waals surface area (Å²) in [5, 5.41) is 11.1. The van der Waals surface area contributed by atoms with Crippen LogP contribution in [0.3, 0.4) is 0 Å². The molecule has 2 aromatic carbocycles. The summed E-state index contributed by atoms with van der Waals surface area (Å²) < 4.78 is 7.47. The first-order valence-electron chi connectivity index (χ1n) is 7.40. The van der Waals surface area contributed by atoms with Gasteiger partial charge in [-0.05, 0) is 42.0 Å². The topological polar surface area (TPSA) is 69.0 Å². The number of anilines is 1. The second kappa shape index (κ2) is 5.98. The minimum absolute atomic E-state index is 0.191. The molecule has 0 radical (unpaired) electrons. The zero-order valence-corrected chi connectivity index (χ0v) is 13.3. The van der Waals surface area contributed by atoms with Crippen molar-refractivity contribution in [3.8, 4) is 11.4 Å². The van der Waals surface area contributed by atoms with Crippen molar-refractivity contribution in [2.45, 2.75) is 12.5 Å². The van der Waals surface area contributed by atoms with Crippen molar-refractivity contribution < 1.29 is 9.53 Å². The third-order valence-electron chi connectivity index (χ3n) is 3.82. The van der Waals surface area contributed by atoms with Gasteiger partial charge in [0.25, 0.3) is 5.91 Å². The van der Waals surface area contributed by atoms with Gasteiger partial charge in [0.05, 0.1) is 5.69 Å². The summed E-state index contributed by atoms with van der Waals surface area (Å²) in [6.07, 6.45) is 3.15. The number of ether oxygens (including phenoxy) is 1. The number of nitrogens with one attached hydrogen (secondary N) is 1. The number of halogens is 1. The lowest BCUT2D eigenvalue weighted by molar-refractivity contribution is -0.122. The second-order valence-electron chi connectivity index (χ2n) is 5.47. The number of nitrogens with zero attached hydrogens (tertiary/aromatic N) is 3. The fourth-order valence-corrected chi connectivity index (χ4v) is 2.86. The zero-order valence-electron chi connectivity index (χ0n) is 12.5. The maximum atomic E-state index is 12.5. The van der Waals surface area contributed by atoms with E-state index in [9.17, 15) is 4.79 Å². The fraction of sp³-hybridized carbons (Fsp3) is 0.118. The number of fused-ring (bicyclic) bond motifs is 1. The van der Waals surface area contributed by atoms with Crippen molar-refractivity contribution >= 4 is 23.2 Å². The Hall–Kier alpha value is -2.86. The molecular weight excluding hydrogens is 328 g/mol. The standard InChI is InChI=1S/C17H13ClN4O2/c18-12-4-5-15-11(6-12)7-16(24-15)17(23)21-13-2-1-3-14(8-13)22-9-19-20-10-22/h1-6,8-10,16H,7H2,(H,21,23). The molecule has 2 heterocycles. The third-order valence-corrected chi connectivity index (χ3v) is 4.06. The largest absolute Gasteiger partial charge is 0.480 e. The van der Waals surface area contributed by atoms with Crippen molar-refractivity contribution in [1.82, 2.24) is 14.8 Å². The van der Waals surface area contributed by atoms with Crippen molar-refractivity contribution in [3.05, 3.63) is 65.7 Å². The number of carbonyl (C=O) groups excluding carboxylic acids is 1. The predicted octanol–water partition coefficient (Wildman–Crippen LogP) is 2.86. The number of amides is 1. The van der Waals surface area contributed by atoms with E-state index in [-0.39, 0.29) is 5.91 Å².